The maximum Gasteiger partial charge on any atom is 0.256 e. The van der Waals surface area contributed by atoms with Crippen LogP contribution in [0, 0.1) is 6.92 Å². The van der Waals surface area contributed by atoms with Crippen LogP contribution in [0.1, 0.15) is 21.6 Å². The number of nitrogens with zero attached hydrogens (tertiary/aromatic N) is 4. The van der Waals surface area contributed by atoms with Crippen LogP contribution in [-0.4, -0.2) is 31.9 Å². The average Bonchev–Trinajstić information content (AvgIpc) is 3.44. The van der Waals surface area contributed by atoms with Crippen molar-refractivity contribution in [3.8, 4) is 17.3 Å². The Bertz CT molecular complexity index is 1120. The molecule has 0 saturated carbocycles. The summed E-state index contributed by atoms with van der Waals surface area (Å²) in [4.78, 5) is 21.8. The largest absolute Gasteiger partial charge is 0.461 e. The van der Waals surface area contributed by atoms with E-state index in [1.165, 1.54) is 11.8 Å². The molecule has 0 atom stereocenters. The van der Waals surface area contributed by atoms with Crippen LogP contribution in [0.2, 0.25) is 0 Å². The summed E-state index contributed by atoms with van der Waals surface area (Å²) in [5, 5.41) is 7.91. The molecule has 1 amide bonds. The molecule has 1 aromatic carbocycles. The molecule has 0 aliphatic rings. The van der Waals surface area contributed by atoms with E-state index < -0.39 is 0 Å². The zero-order valence-electron chi connectivity index (χ0n) is 16.0. The number of aromatic nitrogens is 4. The summed E-state index contributed by atoms with van der Waals surface area (Å²) in [6.45, 7) is 2.16. The second kappa shape index (κ2) is 8.32. The van der Waals surface area contributed by atoms with Gasteiger partial charge in [0.15, 0.2) is 11.6 Å². The Morgan fingerprint density at radius 1 is 1.17 bits per heavy atom. The van der Waals surface area contributed by atoms with Crippen LogP contribution in [-0.2, 0) is 6.54 Å². The molecule has 0 saturated heterocycles. The van der Waals surface area contributed by atoms with Crippen molar-refractivity contribution < 1.29 is 9.21 Å². The Balaban J connectivity index is 1.51. The number of benzene rings is 1. The van der Waals surface area contributed by atoms with Gasteiger partial charge in [0, 0.05) is 18.3 Å². The first kappa shape index (κ1) is 18.9. The lowest BCUT2D eigenvalue weighted by atomic mass is 10.2. The van der Waals surface area contributed by atoms with Crippen molar-refractivity contribution in [1.82, 2.24) is 25.1 Å². The molecule has 3 heterocycles. The highest BCUT2D eigenvalue weighted by Gasteiger charge is 2.19. The maximum absolute atomic E-state index is 12.8. The molecule has 0 fully saturated rings. The van der Waals surface area contributed by atoms with Gasteiger partial charge in [-0.05, 0) is 37.4 Å². The highest BCUT2D eigenvalue weighted by atomic mass is 32.2. The number of hydrogen-bond donors (Lipinski definition) is 1. The van der Waals surface area contributed by atoms with Crippen molar-refractivity contribution in [3.05, 3.63) is 77.9 Å². The van der Waals surface area contributed by atoms with Crippen molar-refractivity contribution in [3.63, 3.8) is 0 Å². The molecule has 29 heavy (non-hydrogen) atoms. The molecule has 0 unspecified atom stereocenters. The first-order valence-corrected chi connectivity index (χ1v) is 10.2. The number of amides is 1. The number of aryl methyl sites for hydroxylation is 1. The van der Waals surface area contributed by atoms with Crippen LogP contribution < -0.4 is 5.32 Å². The fourth-order valence-electron chi connectivity index (χ4n) is 2.92. The van der Waals surface area contributed by atoms with Gasteiger partial charge in [0.2, 0.25) is 0 Å². The molecule has 1 N–H and O–H groups in total. The Morgan fingerprint density at radius 3 is 2.72 bits per heavy atom. The molecule has 4 aromatic rings. The van der Waals surface area contributed by atoms with Gasteiger partial charge in [-0.3, -0.25) is 4.79 Å². The number of carbonyl (C=O) groups is 1. The molecule has 0 bridgehead atoms. The van der Waals surface area contributed by atoms with Crippen molar-refractivity contribution in [1.29, 1.82) is 0 Å². The third kappa shape index (κ3) is 4.07. The van der Waals surface area contributed by atoms with Crippen LogP contribution in [0.3, 0.4) is 0 Å². The summed E-state index contributed by atoms with van der Waals surface area (Å²) in [6, 6.07) is 13.4. The zero-order valence-corrected chi connectivity index (χ0v) is 16.8. The molecule has 0 aliphatic carbocycles. The fourth-order valence-corrected chi connectivity index (χ4v) is 3.54. The van der Waals surface area contributed by atoms with E-state index in [2.05, 4.69) is 20.4 Å². The van der Waals surface area contributed by atoms with E-state index in [-0.39, 0.29) is 5.91 Å². The third-order valence-corrected chi connectivity index (χ3v) is 5.01. The van der Waals surface area contributed by atoms with Gasteiger partial charge in [-0.1, -0.05) is 18.2 Å². The minimum atomic E-state index is -0.217. The van der Waals surface area contributed by atoms with E-state index in [4.69, 9.17) is 4.42 Å². The fraction of sp³-hybridized carbons (Fsp3) is 0.143. The predicted molar refractivity (Wildman–Crippen MR) is 111 cm³/mol. The van der Waals surface area contributed by atoms with E-state index in [0.29, 0.717) is 34.4 Å². The lowest BCUT2D eigenvalue weighted by molar-refractivity contribution is 0.0946. The predicted octanol–water partition coefficient (Wildman–Crippen LogP) is 3.88. The molecule has 146 valence electrons. The lowest BCUT2D eigenvalue weighted by Gasteiger charge is -2.11. The molecule has 3 aromatic heterocycles. The van der Waals surface area contributed by atoms with Gasteiger partial charge < -0.3 is 9.73 Å². The van der Waals surface area contributed by atoms with Crippen LogP contribution >= 0.6 is 11.8 Å². The molecule has 4 rings (SSSR count). The van der Waals surface area contributed by atoms with Crippen LogP contribution in [0.15, 0.2) is 70.6 Å². The van der Waals surface area contributed by atoms with Crippen LogP contribution in [0.5, 0.6) is 0 Å². The first-order valence-electron chi connectivity index (χ1n) is 8.99. The van der Waals surface area contributed by atoms with E-state index in [1.54, 1.807) is 36.2 Å². The van der Waals surface area contributed by atoms with Gasteiger partial charge in [-0.2, -0.15) is 5.10 Å². The highest BCUT2D eigenvalue weighted by molar-refractivity contribution is 7.98. The Hall–Kier alpha value is -3.39. The van der Waals surface area contributed by atoms with Crippen LogP contribution in [0.25, 0.3) is 17.3 Å². The van der Waals surface area contributed by atoms with E-state index >= 15 is 0 Å². The van der Waals surface area contributed by atoms with Crippen LogP contribution in [0.4, 0.5) is 0 Å². The molecular weight excluding hydrogens is 386 g/mol. The maximum atomic E-state index is 12.8. The average molecular weight is 405 g/mol. The molecule has 0 aliphatic heterocycles. The van der Waals surface area contributed by atoms with E-state index in [1.807, 2.05) is 42.8 Å². The smallest absolute Gasteiger partial charge is 0.256 e. The number of carbonyl (C=O) groups excluding carboxylic acids is 1. The topological polar surface area (TPSA) is 85.8 Å². The van der Waals surface area contributed by atoms with Crippen molar-refractivity contribution in [2.45, 2.75) is 18.5 Å². The lowest BCUT2D eigenvalue weighted by Crippen LogP contribution is -2.25. The first-order chi connectivity index (χ1) is 14.2. The molecule has 0 radical (unpaired) electrons. The quantitative estimate of drug-likeness (QED) is 0.387. The Labute approximate surface area is 172 Å². The Morgan fingerprint density at radius 2 is 2.00 bits per heavy atom. The standard InChI is InChI=1S/C21H19N5O2S/c1-14-18(21(29-2)25-19(24-14)17-9-6-10-28-17)20(27)22-11-15-12-23-26(13-15)16-7-4-3-5-8-16/h3-10,12-13H,11H2,1-2H3,(H,22,27). The SMILES string of the molecule is CSc1nc(-c2ccco2)nc(C)c1C(=O)NCc1cnn(-c2ccccc2)c1. The summed E-state index contributed by atoms with van der Waals surface area (Å²) in [7, 11) is 0. The number of rotatable bonds is 6. The minimum absolute atomic E-state index is 0.217. The van der Waals surface area contributed by atoms with Gasteiger partial charge >= 0.3 is 0 Å². The van der Waals surface area contributed by atoms with Gasteiger partial charge in [-0.15, -0.1) is 11.8 Å². The van der Waals surface area contributed by atoms with E-state index in [9.17, 15) is 4.79 Å². The molecular formula is C21H19N5O2S. The molecule has 7 nitrogen and oxygen atoms in total. The molecule has 8 heteroatoms. The normalized spacial score (nSPS) is 10.8. The van der Waals surface area contributed by atoms with Crippen molar-refractivity contribution in [2.75, 3.05) is 6.26 Å². The number of hydrogen-bond acceptors (Lipinski definition) is 6. The number of nitrogens with one attached hydrogen (secondary N) is 1. The number of para-hydroxylation sites is 1. The Kier molecular flexibility index (Phi) is 5.44. The third-order valence-electron chi connectivity index (χ3n) is 4.33. The molecule has 0 spiro atoms. The minimum Gasteiger partial charge on any atom is -0.461 e. The summed E-state index contributed by atoms with van der Waals surface area (Å²) in [5.41, 5.74) is 2.95. The van der Waals surface area contributed by atoms with Gasteiger partial charge in [0.25, 0.3) is 5.91 Å². The monoisotopic (exact) mass is 405 g/mol. The highest BCUT2D eigenvalue weighted by Crippen LogP contribution is 2.25. The zero-order chi connectivity index (χ0) is 20.2. The van der Waals surface area contributed by atoms with Gasteiger partial charge in [0.05, 0.1) is 29.4 Å². The summed E-state index contributed by atoms with van der Waals surface area (Å²) in [6.07, 6.45) is 7.10. The van der Waals surface area contributed by atoms with Crippen molar-refractivity contribution >= 4 is 17.7 Å². The summed E-state index contributed by atoms with van der Waals surface area (Å²) in [5.74, 6) is 0.825. The van der Waals surface area contributed by atoms with E-state index in [0.717, 1.165) is 11.3 Å². The second-order valence-corrected chi connectivity index (χ2v) is 7.10. The van der Waals surface area contributed by atoms with Crippen molar-refractivity contribution in [2.24, 2.45) is 0 Å². The van der Waals surface area contributed by atoms with Gasteiger partial charge in [-0.25, -0.2) is 14.6 Å². The number of thioether (sulfide) groups is 1. The van der Waals surface area contributed by atoms with Gasteiger partial charge in [0.1, 0.15) is 5.03 Å². The number of furan rings is 1. The summed E-state index contributed by atoms with van der Waals surface area (Å²) >= 11 is 1.40. The summed E-state index contributed by atoms with van der Waals surface area (Å²) < 4.78 is 7.15. The second-order valence-electron chi connectivity index (χ2n) is 6.31.